The summed E-state index contributed by atoms with van der Waals surface area (Å²) in [6.45, 7) is 5.76. The average Bonchev–Trinajstić information content (AvgIpc) is 2.81. The summed E-state index contributed by atoms with van der Waals surface area (Å²) in [6.07, 6.45) is 3.39. The van der Waals surface area contributed by atoms with Crippen molar-refractivity contribution in [3.8, 4) is 0 Å². The molecule has 1 unspecified atom stereocenters. The second-order valence-corrected chi connectivity index (χ2v) is 5.38. The van der Waals surface area contributed by atoms with E-state index < -0.39 is 5.97 Å². The quantitative estimate of drug-likeness (QED) is 0.905. The van der Waals surface area contributed by atoms with Gasteiger partial charge in [0.05, 0.1) is 0 Å². The van der Waals surface area contributed by atoms with Crippen LogP contribution in [0.15, 0.2) is 18.3 Å². The average molecular weight is 262 g/mol. The first-order valence-corrected chi connectivity index (χ1v) is 6.44. The fraction of sp³-hybridized carbons (Fsp3) is 0.500. The molecule has 0 bridgehead atoms. The molecule has 0 radical (unpaired) electrons. The zero-order valence-corrected chi connectivity index (χ0v) is 11.2. The highest BCUT2D eigenvalue weighted by molar-refractivity contribution is 5.96. The van der Waals surface area contributed by atoms with Crippen LogP contribution >= 0.6 is 0 Å². The topological polar surface area (TPSA) is 70.5 Å². The molecule has 0 saturated carbocycles. The van der Waals surface area contributed by atoms with E-state index in [1.165, 1.54) is 12.3 Å². The molecular formula is C14H18N2O3. The first kappa shape index (κ1) is 13.5. The van der Waals surface area contributed by atoms with Crippen molar-refractivity contribution >= 4 is 11.9 Å². The van der Waals surface area contributed by atoms with Crippen molar-refractivity contribution in [1.29, 1.82) is 0 Å². The lowest BCUT2D eigenvalue weighted by Crippen LogP contribution is -2.31. The van der Waals surface area contributed by atoms with E-state index in [1.54, 1.807) is 11.0 Å². The molecule has 5 nitrogen and oxygen atoms in total. The molecule has 1 amide bonds. The summed E-state index contributed by atoms with van der Waals surface area (Å²) >= 11 is 0. The standard InChI is InChI=1S/C14H18N2O3/c1-3-14(2)5-7-16(9-14)12(17)10-4-6-15-11(8-10)13(18)19/h4,6,8H,3,5,7,9H2,1-2H3,(H,18,19). The molecule has 1 aromatic rings. The van der Waals surface area contributed by atoms with E-state index in [0.717, 1.165) is 25.9 Å². The van der Waals surface area contributed by atoms with Gasteiger partial charge in [-0.3, -0.25) is 4.79 Å². The molecule has 1 aliphatic heterocycles. The van der Waals surface area contributed by atoms with Crippen LogP contribution in [0.5, 0.6) is 0 Å². The van der Waals surface area contributed by atoms with Crippen LogP contribution in [-0.2, 0) is 0 Å². The molecule has 1 saturated heterocycles. The van der Waals surface area contributed by atoms with E-state index in [1.807, 2.05) is 0 Å². The van der Waals surface area contributed by atoms with Gasteiger partial charge in [0.25, 0.3) is 5.91 Å². The van der Waals surface area contributed by atoms with Gasteiger partial charge in [0.1, 0.15) is 5.69 Å². The third-order valence-corrected chi connectivity index (χ3v) is 3.92. The second-order valence-electron chi connectivity index (χ2n) is 5.38. The van der Waals surface area contributed by atoms with Crippen molar-refractivity contribution in [2.45, 2.75) is 26.7 Å². The summed E-state index contributed by atoms with van der Waals surface area (Å²) in [4.78, 5) is 28.7. The number of hydrogen-bond donors (Lipinski definition) is 1. The largest absolute Gasteiger partial charge is 0.477 e. The van der Waals surface area contributed by atoms with Crippen LogP contribution in [-0.4, -0.2) is 40.0 Å². The van der Waals surface area contributed by atoms with Crippen LogP contribution in [0.1, 0.15) is 47.5 Å². The maximum absolute atomic E-state index is 12.3. The van der Waals surface area contributed by atoms with E-state index in [9.17, 15) is 9.59 Å². The smallest absolute Gasteiger partial charge is 0.354 e. The number of rotatable bonds is 3. The predicted molar refractivity (Wildman–Crippen MR) is 70.1 cm³/mol. The monoisotopic (exact) mass is 262 g/mol. The molecule has 0 aromatic carbocycles. The Morgan fingerprint density at radius 3 is 2.84 bits per heavy atom. The number of amides is 1. The number of carboxylic acids is 1. The molecule has 1 fully saturated rings. The Morgan fingerprint density at radius 1 is 1.53 bits per heavy atom. The molecule has 0 spiro atoms. The first-order chi connectivity index (χ1) is 8.95. The minimum atomic E-state index is -1.12. The van der Waals surface area contributed by atoms with Crippen molar-refractivity contribution in [3.63, 3.8) is 0 Å². The maximum atomic E-state index is 12.3. The SMILES string of the molecule is CCC1(C)CCN(C(=O)c2ccnc(C(=O)O)c2)C1. The Hall–Kier alpha value is -1.91. The van der Waals surface area contributed by atoms with Crippen molar-refractivity contribution in [3.05, 3.63) is 29.6 Å². The molecule has 1 atom stereocenters. The molecule has 0 aliphatic carbocycles. The fourth-order valence-corrected chi connectivity index (χ4v) is 2.35. The van der Waals surface area contributed by atoms with E-state index in [-0.39, 0.29) is 17.0 Å². The Kier molecular flexibility index (Phi) is 3.55. The van der Waals surface area contributed by atoms with Gasteiger partial charge in [0, 0.05) is 24.8 Å². The summed E-state index contributed by atoms with van der Waals surface area (Å²) in [6, 6.07) is 2.91. The fourth-order valence-electron chi connectivity index (χ4n) is 2.35. The molecule has 5 heteroatoms. The van der Waals surface area contributed by atoms with E-state index >= 15 is 0 Å². The van der Waals surface area contributed by atoms with Crippen LogP contribution in [0, 0.1) is 5.41 Å². The van der Waals surface area contributed by atoms with Gasteiger partial charge in [0.2, 0.25) is 0 Å². The van der Waals surface area contributed by atoms with Gasteiger partial charge in [-0.15, -0.1) is 0 Å². The number of carbonyl (C=O) groups excluding carboxylic acids is 1. The molecule has 1 aliphatic rings. The van der Waals surface area contributed by atoms with Gasteiger partial charge in [-0.05, 0) is 30.4 Å². The van der Waals surface area contributed by atoms with Crippen LogP contribution in [0.25, 0.3) is 0 Å². The lowest BCUT2D eigenvalue weighted by molar-refractivity contribution is 0.0690. The lowest BCUT2D eigenvalue weighted by Gasteiger charge is -2.22. The van der Waals surface area contributed by atoms with E-state index in [2.05, 4.69) is 18.8 Å². The maximum Gasteiger partial charge on any atom is 0.354 e. The highest BCUT2D eigenvalue weighted by Gasteiger charge is 2.34. The first-order valence-electron chi connectivity index (χ1n) is 6.44. The zero-order valence-electron chi connectivity index (χ0n) is 11.2. The zero-order chi connectivity index (χ0) is 14.0. The summed E-state index contributed by atoms with van der Waals surface area (Å²) in [5.41, 5.74) is 0.481. The number of hydrogen-bond acceptors (Lipinski definition) is 3. The summed E-state index contributed by atoms with van der Waals surface area (Å²) in [7, 11) is 0. The van der Waals surface area contributed by atoms with Gasteiger partial charge in [0.15, 0.2) is 0 Å². The molecule has 1 N–H and O–H groups in total. The minimum absolute atomic E-state index is 0.0942. The van der Waals surface area contributed by atoms with Crippen molar-refractivity contribution in [2.75, 3.05) is 13.1 Å². The van der Waals surface area contributed by atoms with Crippen molar-refractivity contribution < 1.29 is 14.7 Å². The van der Waals surface area contributed by atoms with Crippen molar-refractivity contribution in [1.82, 2.24) is 9.88 Å². The number of pyridine rings is 1. The number of likely N-dealkylation sites (tertiary alicyclic amines) is 1. The van der Waals surface area contributed by atoms with Gasteiger partial charge < -0.3 is 10.0 Å². The Morgan fingerprint density at radius 2 is 2.26 bits per heavy atom. The Bertz CT molecular complexity index is 515. The molecule has 19 heavy (non-hydrogen) atoms. The third-order valence-electron chi connectivity index (χ3n) is 3.92. The minimum Gasteiger partial charge on any atom is -0.477 e. The van der Waals surface area contributed by atoms with E-state index in [0.29, 0.717) is 5.56 Å². The number of carboxylic acid groups (broad SMARTS) is 1. The number of carbonyl (C=O) groups is 2. The predicted octanol–water partition coefficient (Wildman–Crippen LogP) is 2.04. The van der Waals surface area contributed by atoms with Crippen LogP contribution in [0.3, 0.4) is 0 Å². The number of aromatic nitrogens is 1. The normalized spacial score (nSPS) is 22.5. The second kappa shape index (κ2) is 4.99. The van der Waals surface area contributed by atoms with Crippen LogP contribution in [0.4, 0.5) is 0 Å². The molecule has 1 aromatic heterocycles. The van der Waals surface area contributed by atoms with E-state index in [4.69, 9.17) is 5.11 Å². The summed E-state index contributed by atoms with van der Waals surface area (Å²) in [5, 5.41) is 8.89. The van der Waals surface area contributed by atoms with Gasteiger partial charge >= 0.3 is 5.97 Å². The van der Waals surface area contributed by atoms with Gasteiger partial charge in [-0.2, -0.15) is 0 Å². The molecule has 102 valence electrons. The van der Waals surface area contributed by atoms with Crippen molar-refractivity contribution in [2.24, 2.45) is 5.41 Å². The number of nitrogens with zero attached hydrogens (tertiary/aromatic N) is 2. The summed E-state index contributed by atoms with van der Waals surface area (Å²) < 4.78 is 0. The molecular weight excluding hydrogens is 244 g/mol. The van der Waals surface area contributed by atoms with Gasteiger partial charge in [-0.1, -0.05) is 13.8 Å². The Labute approximate surface area is 112 Å². The highest BCUT2D eigenvalue weighted by atomic mass is 16.4. The molecule has 2 heterocycles. The van der Waals surface area contributed by atoms with Crippen LogP contribution < -0.4 is 0 Å². The number of aromatic carboxylic acids is 1. The lowest BCUT2D eigenvalue weighted by atomic mass is 9.87. The highest BCUT2D eigenvalue weighted by Crippen LogP contribution is 2.33. The van der Waals surface area contributed by atoms with Crippen LogP contribution in [0.2, 0.25) is 0 Å². The third kappa shape index (κ3) is 2.75. The summed E-state index contributed by atoms with van der Waals surface area (Å²) in [5.74, 6) is -1.23. The molecule has 2 rings (SSSR count). The van der Waals surface area contributed by atoms with Gasteiger partial charge in [-0.25, -0.2) is 9.78 Å². The Balaban J connectivity index is 2.17.